The first-order valence-electron chi connectivity index (χ1n) is 6.21. The third-order valence-electron chi connectivity index (χ3n) is 2.57. The molecule has 2 N–H and O–H groups in total. The second kappa shape index (κ2) is 6.88. The van der Waals surface area contributed by atoms with E-state index >= 15 is 0 Å². The molecule has 0 radical (unpaired) electrons. The van der Waals surface area contributed by atoms with Gasteiger partial charge in [-0.2, -0.15) is 0 Å². The van der Waals surface area contributed by atoms with Gasteiger partial charge < -0.3 is 9.47 Å². The van der Waals surface area contributed by atoms with E-state index in [9.17, 15) is 8.42 Å². The lowest BCUT2D eigenvalue weighted by Crippen LogP contribution is -2.15. The van der Waals surface area contributed by atoms with E-state index in [1.54, 1.807) is 6.92 Å². The number of ether oxygens (including phenoxy) is 2. The molecule has 108 valence electrons. The third-order valence-corrected chi connectivity index (χ3v) is 3.49. The van der Waals surface area contributed by atoms with Crippen LogP contribution in [0.4, 0.5) is 0 Å². The van der Waals surface area contributed by atoms with Crippen molar-refractivity contribution in [2.75, 3.05) is 19.8 Å². The molecular formula is C13H21NO4S. The zero-order chi connectivity index (χ0) is 14.5. The Labute approximate surface area is 114 Å². The second-order valence-electron chi connectivity index (χ2n) is 4.35. The van der Waals surface area contributed by atoms with Crippen LogP contribution in [0.25, 0.3) is 0 Å². The minimum atomic E-state index is -3.78. The fourth-order valence-corrected chi connectivity index (χ4v) is 2.62. The number of aryl methyl sites for hydroxylation is 2. The Bertz CT molecular complexity index is 526. The SMILES string of the molecule is CCOCCCOc1c(C)cc(C)cc1S(N)(=O)=O. The van der Waals surface area contributed by atoms with Crippen LogP contribution in [0.1, 0.15) is 24.5 Å². The Morgan fingerprint density at radius 1 is 1.21 bits per heavy atom. The molecule has 0 fully saturated rings. The van der Waals surface area contributed by atoms with Gasteiger partial charge in [0.1, 0.15) is 10.6 Å². The Balaban J connectivity index is 2.87. The molecule has 19 heavy (non-hydrogen) atoms. The van der Waals surface area contributed by atoms with Gasteiger partial charge in [-0.15, -0.1) is 0 Å². The van der Waals surface area contributed by atoms with Gasteiger partial charge in [0.2, 0.25) is 10.0 Å². The predicted molar refractivity (Wildman–Crippen MR) is 73.9 cm³/mol. The summed E-state index contributed by atoms with van der Waals surface area (Å²) in [5.74, 6) is 0.338. The normalized spacial score (nSPS) is 11.6. The number of benzene rings is 1. The molecule has 1 aromatic rings. The zero-order valence-corrected chi connectivity index (χ0v) is 12.4. The van der Waals surface area contributed by atoms with Crippen LogP contribution in [0, 0.1) is 13.8 Å². The molecule has 1 aromatic carbocycles. The molecule has 1 rings (SSSR count). The van der Waals surface area contributed by atoms with Crippen molar-refractivity contribution in [2.24, 2.45) is 5.14 Å². The van der Waals surface area contributed by atoms with Crippen molar-refractivity contribution in [2.45, 2.75) is 32.1 Å². The van der Waals surface area contributed by atoms with Crippen molar-refractivity contribution < 1.29 is 17.9 Å². The maximum Gasteiger partial charge on any atom is 0.241 e. The molecule has 0 bridgehead atoms. The molecule has 0 aromatic heterocycles. The monoisotopic (exact) mass is 287 g/mol. The van der Waals surface area contributed by atoms with Crippen LogP contribution >= 0.6 is 0 Å². The summed E-state index contributed by atoms with van der Waals surface area (Å²) < 4.78 is 33.9. The van der Waals surface area contributed by atoms with Crippen molar-refractivity contribution in [3.8, 4) is 5.75 Å². The fourth-order valence-electron chi connectivity index (χ4n) is 1.79. The van der Waals surface area contributed by atoms with Crippen LogP contribution in [-0.2, 0) is 14.8 Å². The number of hydrogen-bond donors (Lipinski definition) is 1. The number of rotatable bonds is 7. The van der Waals surface area contributed by atoms with Gasteiger partial charge in [0.05, 0.1) is 6.61 Å². The molecule has 0 unspecified atom stereocenters. The van der Waals surface area contributed by atoms with Gasteiger partial charge in [-0.05, 0) is 38.0 Å². The molecule has 0 atom stereocenters. The Kier molecular flexibility index (Phi) is 5.78. The van der Waals surface area contributed by atoms with E-state index in [4.69, 9.17) is 14.6 Å². The lowest BCUT2D eigenvalue weighted by atomic mass is 10.1. The number of primary sulfonamides is 1. The summed E-state index contributed by atoms with van der Waals surface area (Å²) in [6.07, 6.45) is 0.700. The average Bonchev–Trinajstić information content (AvgIpc) is 2.29. The summed E-state index contributed by atoms with van der Waals surface area (Å²) in [5.41, 5.74) is 1.60. The molecule has 0 aliphatic carbocycles. The third kappa shape index (κ3) is 4.81. The van der Waals surface area contributed by atoms with Gasteiger partial charge in [0.25, 0.3) is 0 Å². The van der Waals surface area contributed by atoms with Gasteiger partial charge in [-0.25, -0.2) is 13.6 Å². The van der Waals surface area contributed by atoms with Crippen LogP contribution in [0.3, 0.4) is 0 Å². The van der Waals surface area contributed by atoms with Gasteiger partial charge >= 0.3 is 0 Å². The highest BCUT2D eigenvalue weighted by molar-refractivity contribution is 7.89. The van der Waals surface area contributed by atoms with E-state index in [0.29, 0.717) is 32.0 Å². The topological polar surface area (TPSA) is 78.6 Å². The number of nitrogens with two attached hydrogens (primary N) is 1. The van der Waals surface area contributed by atoms with E-state index < -0.39 is 10.0 Å². The highest BCUT2D eigenvalue weighted by Gasteiger charge is 2.18. The van der Waals surface area contributed by atoms with Gasteiger partial charge in [0.15, 0.2) is 0 Å². The van der Waals surface area contributed by atoms with E-state index in [2.05, 4.69) is 0 Å². The standard InChI is InChI=1S/C13H21NO4S/c1-4-17-6-5-7-18-13-11(3)8-10(2)9-12(13)19(14,15)16/h8-9H,4-7H2,1-3H3,(H2,14,15,16). The first-order chi connectivity index (χ1) is 8.86. The molecule has 0 saturated heterocycles. The highest BCUT2D eigenvalue weighted by Crippen LogP contribution is 2.28. The van der Waals surface area contributed by atoms with Crippen LogP contribution in [0.5, 0.6) is 5.75 Å². The molecule has 5 nitrogen and oxygen atoms in total. The summed E-state index contributed by atoms with van der Waals surface area (Å²) in [6, 6.07) is 3.40. The Morgan fingerprint density at radius 3 is 2.47 bits per heavy atom. The summed E-state index contributed by atoms with van der Waals surface area (Å²) in [7, 11) is -3.78. The van der Waals surface area contributed by atoms with Gasteiger partial charge in [0, 0.05) is 19.6 Å². The molecule has 0 heterocycles. The second-order valence-corrected chi connectivity index (χ2v) is 5.88. The molecule has 6 heteroatoms. The summed E-state index contributed by atoms with van der Waals surface area (Å²) >= 11 is 0. The Morgan fingerprint density at radius 2 is 1.89 bits per heavy atom. The first kappa shape index (κ1) is 15.9. The lowest BCUT2D eigenvalue weighted by Gasteiger charge is -2.14. The van der Waals surface area contributed by atoms with Crippen molar-refractivity contribution in [1.29, 1.82) is 0 Å². The van der Waals surface area contributed by atoms with Crippen molar-refractivity contribution in [3.05, 3.63) is 23.3 Å². The number of hydrogen-bond acceptors (Lipinski definition) is 4. The zero-order valence-electron chi connectivity index (χ0n) is 11.6. The first-order valence-corrected chi connectivity index (χ1v) is 7.75. The summed E-state index contributed by atoms with van der Waals surface area (Å²) in [6.45, 7) is 7.19. The van der Waals surface area contributed by atoms with E-state index in [1.165, 1.54) is 6.07 Å². The van der Waals surface area contributed by atoms with Crippen molar-refractivity contribution in [1.82, 2.24) is 0 Å². The maximum absolute atomic E-state index is 11.6. The van der Waals surface area contributed by atoms with E-state index in [-0.39, 0.29) is 4.90 Å². The summed E-state index contributed by atoms with van der Waals surface area (Å²) in [5, 5.41) is 5.21. The van der Waals surface area contributed by atoms with Gasteiger partial charge in [-0.1, -0.05) is 6.07 Å². The smallest absolute Gasteiger partial charge is 0.241 e. The lowest BCUT2D eigenvalue weighted by molar-refractivity contribution is 0.130. The predicted octanol–water partition coefficient (Wildman–Crippen LogP) is 1.76. The quantitative estimate of drug-likeness (QED) is 0.775. The van der Waals surface area contributed by atoms with E-state index in [1.807, 2.05) is 19.9 Å². The molecule has 0 amide bonds. The maximum atomic E-state index is 11.6. The molecule has 0 saturated carbocycles. The van der Waals surface area contributed by atoms with Crippen molar-refractivity contribution in [3.63, 3.8) is 0 Å². The van der Waals surface area contributed by atoms with E-state index in [0.717, 1.165) is 11.1 Å². The van der Waals surface area contributed by atoms with Crippen LogP contribution in [0.2, 0.25) is 0 Å². The van der Waals surface area contributed by atoms with Gasteiger partial charge in [-0.3, -0.25) is 0 Å². The Hall–Kier alpha value is -1.11. The van der Waals surface area contributed by atoms with Crippen LogP contribution < -0.4 is 9.88 Å². The molecule has 0 aliphatic rings. The number of sulfonamides is 1. The largest absolute Gasteiger partial charge is 0.492 e. The minimum absolute atomic E-state index is 0.0430. The van der Waals surface area contributed by atoms with Crippen LogP contribution in [-0.4, -0.2) is 28.2 Å². The van der Waals surface area contributed by atoms with Crippen LogP contribution in [0.15, 0.2) is 17.0 Å². The fraction of sp³-hybridized carbons (Fsp3) is 0.538. The molecule has 0 aliphatic heterocycles. The molecular weight excluding hydrogens is 266 g/mol. The summed E-state index contributed by atoms with van der Waals surface area (Å²) in [4.78, 5) is 0.0430. The molecule has 0 spiro atoms. The average molecular weight is 287 g/mol. The minimum Gasteiger partial charge on any atom is -0.492 e. The van der Waals surface area contributed by atoms with Crippen molar-refractivity contribution >= 4 is 10.0 Å². The highest BCUT2D eigenvalue weighted by atomic mass is 32.2.